The van der Waals surface area contributed by atoms with Crippen LogP contribution >= 0.6 is 0 Å². The Morgan fingerprint density at radius 3 is 2.53 bits per heavy atom. The van der Waals surface area contributed by atoms with Crippen LogP contribution in [0.15, 0.2) is 29.4 Å². The van der Waals surface area contributed by atoms with Crippen molar-refractivity contribution in [1.82, 2.24) is 0 Å². The van der Waals surface area contributed by atoms with E-state index in [2.05, 4.69) is 10.5 Å². The summed E-state index contributed by atoms with van der Waals surface area (Å²) in [6.07, 6.45) is 0. The summed E-state index contributed by atoms with van der Waals surface area (Å²) in [5.41, 5.74) is 1.55. The summed E-state index contributed by atoms with van der Waals surface area (Å²) >= 11 is 0. The van der Waals surface area contributed by atoms with Crippen LogP contribution in [0.3, 0.4) is 0 Å². The molecule has 0 aliphatic rings. The Hall–Kier alpha value is -1.84. The molecule has 2 N–H and O–H groups in total. The third kappa shape index (κ3) is 3.59. The Bertz CT molecular complexity index is 445. The van der Waals surface area contributed by atoms with Gasteiger partial charge in [-0.2, -0.15) is 0 Å². The zero-order valence-electron chi connectivity index (χ0n) is 10.6. The van der Waals surface area contributed by atoms with Gasteiger partial charge in [-0.25, -0.2) is 0 Å². The highest BCUT2D eigenvalue weighted by Gasteiger charge is 2.21. The number of benzene rings is 1. The Balaban J connectivity index is 2.91. The van der Waals surface area contributed by atoms with E-state index in [0.717, 1.165) is 5.56 Å². The number of hydrogen-bond donors (Lipinski definition) is 2. The number of nitrogens with one attached hydrogen (secondary N) is 1. The summed E-state index contributed by atoms with van der Waals surface area (Å²) in [5, 5.41) is 14.6. The monoisotopic (exact) mass is 234 g/mol. The molecule has 0 saturated heterocycles. The Kier molecular flexibility index (Phi) is 3.89. The molecular formula is C13H18N2O2. The fourth-order valence-electron chi connectivity index (χ4n) is 1.20. The standard InChI is InChI=1S/C13H18N2O2/c1-9(15-17)10-6-5-7-11(8-10)14-12(16)13(2,3)4/h5-8,17H,1-4H3,(H,14,16)/b15-9-. The lowest BCUT2D eigenvalue weighted by Gasteiger charge is -2.17. The third-order valence-corrected chi connectivity index (χ3v) is 2.37. The SMILES string of the molecule is C/C(=N/O)c1cccc(NC(=O)C(C)(C)C)c1. The van der Waals surface area contributed by atoms with Gasteiger partial charge in [0.05, 0.1) is 5.71 Å². The van der Waals surface area contributed by atoms with Crippen LogP contribution in [0.1, 0.15) is 33.3 Å². The first kappa shape index (κ1) is 13.2. The summed E-state index contributed by atoms with van der Waals surface area (Å²) in [4.78, 5) is 11.8. The number of anilines is 1. The maximum absolute atomic E-state index is 11.8. The summed E-state index contributed by atoms with van der Waals surface area (Å²) in [5.74, 6) is -0.0479. The van der Waals surface area contributed by atoms with E-state index in [1.54, 1.807) is 19.1 Å². The molecule has 0 bridgehead atoms. The van der Waals surface area contributed by atoms with Gasteiger partial charge in [0.1, 0.15) is 0 Å². The van der Waals surface area contributed by atoms with E-state index in [1.807, 2.05) is 32.9 Å². The normalized spacial score (nSPS) is 12.4. The van der Waals surface area contributed by atoms with Gasteiger partial charge < -0.3 is 10.5 Å². The quantitative estimate of drug-likeness (QED) is 0.469. The van der Waals surface area contributed by atoms with Gasteiger partial charge in [-0.15, -0.1) is 0 Å². The molecule has 17 heavy (non-hydrogen) atoms. The highest BCUT2D eigenvalue weighted by atomic mass is 16.4. The molecule has 1 aromatic rings. The molecule has 0 unspecified atom stereocenters. The van der Waals surface area contributed by atoms with Crippen molar-refractivity contribution < 1.29 is 10.0 Å². The van der Waals surface area contributed by atoms with Crippen molar-refractivity contribution in [1.29, 1.82) is 0 Å². The second-order valence-electron chi connectivity index (χ2n) is 4.97. The first-order valence-electron chi connectivity index (χ1n) is 5.45. The molecule has 0 saturated carbocycles. The number of amides is 1. The summed E-state index contributed by atoms with van der Waals surface area (Å²) in [6, 6.07) is 7.21. The highest BCUT2D eigenvalue weighted by molar-refractivity contribution is 6.00. The van der Waals surface area contributed by atoms with Crippen LogP contribution < -0.4 is 5.32 Å². The molecule has 4 nitrogen and oxygen atoms in total. The topological polar surface area (TPSA) is 61.7 Å². The summed E-state index contributed by atoms with van der Waals surface area (Å²) in [6.45, 7) is 7.26. The molecule has 4 heteroatoms. The van der Waals surface area contributed by atoms with Gasteiger partial charge in [-0.05, 0) is 19.1 Å². The second kappa shape index (κ2) is 4.99. The molecule has 0 aliphatic carbocycles. The largest absolute Gasteiger partial charge is 0.411 e. The number of carbonyl (C=O) groups is 1. The van der Waals surface area contributed by atoms with E-state index in [9.17, 15) is 4.79 Å². The maximum atomic E-state index is 11.8. The molecule has 0 aliphatic heterocycles. The van der Waals surface area contributed by atoms with Crippen molar-refractivity contribution in [2.75, 3.05) is 5.32 Å². The Labute approximate surface area is 101 Å². The number of hydrogen-bond acceptors (Lipinski definition) is 3. The minimum Gasteiger partial charge on any atom is -0.411 e. The average Bonchev–Trinajstić information content (AvgIpc) is 2.27. The van der Waals surface area contributed by atoms with Crippen LogP contribution in [0.4, 0.5) is 5.69 Å². The van der Waals surface area contributed by atoms with Crippen LogP contribution in [-0.2, 0) is 4.79 Å². The van der Waals surface area contributed by atoms with E-state index >= 15 is 0 Å². The molecule has 0 spiro atoms. The highest BCUT2D eigenvalue weighted by Crippen LogP contribution is 2.18. The Morgan fingerprint density at radius 2 is 2.00 bits per heavy atom. The first-order valence-corrected chi connectivity index (χ1v) is 5.45. The van der Waals surface area contributed by atoms with Crippen molar-refractivity contribution in [3.8, 4) is 0 Å². The molecule has 0 fully saturated rings. The van der Waals surface area contributed by atoms with Gasteiger partial charge in [0.25, 0.3) is 0 Å². The Morgan fingerprint density at radius 1 is 1.35 bits per heavy atom. The number of nitrogens with zero attached hydrogens (tertiary/aromatic N) is 1. The van der Waals surface area contributed by atoms with E-state index in [4.69, 9.17) is 5.21 Å². The van der Waals surface area contributed by atoms with Crippen LogP contribution in [0.25, 0.3) is 0 Å². The first-order chi connectivity index (χ1) is 7.84. The fraction of sp³-hybridized carbons (Fsp3) is 0.385. The van der Waals surface area contributed by atoms with Gasteiger partial charge in [-0.3, -0.25) is 4.79 Å². The van der Waals surface area contributed by atoms with Crippen molar-refractivity contribution in [2.24, 2.45) is 10.6 Å². The van der Waals surface area contributed by atoms with Gasteiger partial charge in [0, 0.05) is 16.7 Å². The van der Waals surface area contributed by atoms with Crippen LogP contribution in [-0.4, -0.2) is 16.8 Å². The van der Waals surface area contributed by atoms with Crippen molar-refractivity contribution in [3.63, 3.8) is 0 Å². The molecule has 1 amide bonds. The molecule has 0 atom stereocenters. The fourth-order valence-corrected chi connectivity index (χ4v) is 1.20. The van der Waals surface area contributed by atoms with Crippen molar-refractivity contribution in [2.45, 2.75) is 27.7 Å². The molecule has 1 aromatic carbocycles. The lowest BCUT2D eigenvalue weighted by Crippen LogP contribution is -2.27. The zero-order chi connectivity index (χ0) is 13.1. The molecular weight excluding hydrogens is 216 g/mol. The minimum absolute atomic E-state index is 0.0479. The lowest BCUT2D eigenvalue weighted by atomic mass is 9.95. The lowest BCUT2D eigenvalue weighted by molar-refractivity contribution is -0.123. The third-order valence-electron chi connectivity index (χ3n) is 2.37. The zero-order valence-corrected chi connectivity index (χ0v) is 10.6. The van der Waals surface area contributed by atoms with Crippen molar-refractivity contribution in [3.05, 3.63) is 29.8 Å². The smallest absolute Gasteiger partial charge is 0.229 e. The van der Waals surface area contributed by atoms with Gasteiger partial charge in [0.15, 0.2) is 0 Å². The number of oxime groups is 1. The van der Waals surface area contributed by atoms with E-state index in [0.29, 0.717) is 11.4 Å². The van der Waals surface area contributed by atoms with Gasteiger partial charge in [-0.1, -0.05) is 38.1 Å². The van der Waals surface area contributed by atoms with Gasteiger partial charge in [0.2, 0.25) is 5.91 Å². The molecule has 1 rings (SSSR count). The van der Waals surface area contributed by atoms with E-state index < -0.39 is 5.41 Å². The summed E-state index contributed by atoms with van der Waals surface area (Å²) in [7, 11) is 0. The van der Waals surface area contributed by atoms with Crippen LogP contribution in [0.5, 0.6) is 0 Å². The average molecular weight is 234 g/mol. The van der Waals surface area contributed by atoms with Gasteiger partial charge >= 0.3 is 0 Å². The van der Waals surface area contributed by atoms with Crippen LogP contribution in [0.2, 0.25) is 0 Å². The molecule has 92 valence electrons. The molecule has 0 heterocycles. The minimum atomic E-state index is -0.434. The second-order valence-corrected chi connectivity index (χ2v) is 4.97. The molecule has 0 radical (unpaired) electrons. The number of rotatable bonds is 2. The van der Waals surface area contributed by atoms with E-state index in [-0.39, 0.29) is 5.91 Å². The summed E-state index contributed by atoms with van der Waals surface area (Å²) < 4.78 is 0. The van der Waals surface area contributed by atoms with Crippen molar-refractivity contribution >= 4 is 17.3 Å². The predicted octanol–water partition coefficient (Wildman–Crippen LogP) is 2.87. The predicted molar refractivity (Wildman–Crippen MR) is 68.5 cm³/mol. The van der Waals surface area contributed by atoms with E-state index in [1.165, 1.54) is 0 Å². The number of carbonyl (C=O) groups excluding carboxylic acids is 1. The molecule has 0 aromatic heterocycles. The maximum Gasteiger partial charge on any atom is 0.229 e. The van der Waals surface area contributed by atoms with Crippen LogP contribution in [0, 0.1) is 5.41 Å².